The molecule has 0 aliphatic heterocycles. The molecule has 0 atom stereocenters. The zero-order valence-corrected chi connectivity index (χ0v) is 10.4. The Labute approximate surface area is 105 Å². The molecule has 18 heavy (non-hydrogen) atoms. The summed E-state index contributed by atoms with van der Waals surface area (Å²) in [6.07, 6.45) is 5.95. The van der Waals surface area contributed by atoms with E-state index in [-0.39, 0.29) is 0 Å². The molecule has 2 heterocycles. The molecule has 0 unspecified atom stereocenters. The molecule has 0 saturated heterocycles. The number of anilines is 1. The number of fused-ring (bicyclic) bond motifs is 1. The number of nitrogens with zero attached hydrogens (tertiary/aromatic N) is 2. The van der Waals surface area contributed by atoms with Gasteiger partial charge >= 0.3 is 0 Å². The number of hydrogen-bond donors (Lipinski definition) is 2. The van der Waals surface area contributed by atoms with Crippen molar-refractivity contribution in [3.63, 3.8) is 0 Å². The Morgan fingerprint density at radius 1 is 1.28 bits per heavy atom. The fourth-order valence-corrected chi connectivity index (χ4v) is 2.27. The van der Waals surface area contributed by atoms with E-state index in [1.54, 1.807) is 0 Å². The maximum absolute atomic E-state index is 5.73. The van der Waals surface area contributed by atoms with Crippen molar-refractivity contribution < 1.29 is 0 Å². The lowest BCUT2D eigenvalue weighted by Crippen LogP contribution is -1.94. The first-order chi connectivity index (χ1) is 8.74. The van der Waals surface area contributed by atoms with E-state index < -0.39 is 0 Å². The van der Waals surface area contributed by atoms with Gasteiger partial charge in [-0.25, -0.2) is 4.98 Å². The third kappa shape index (κ3) is 1.86. The number of nitrogens with two attached hydrogens (primary N) is 1. The van der Waals surface area contributed by atoms with Crippen LogP contribution in [0, 0.1) is 0 Å². The Morgan fingerprint density at radius 2 is 2.11 bits per heavy atom. The molecular formula is C14H16N4. The van der Waals surface area contributed by atoms with Crippen LogP contribution in [0.2, 0.25) is 0 Å². The molecule has 0 spiro atoms. The van der Waals surface area contributed by atoms with Gasteiger partial charge in [-0.2, -0.15) is 0 Å². The van der Waals surface area contributed by atoms with Gasteiger partial charge in [0.25, 0.3) is 0 Å². The number of rotatable bonds is 3. The van der Waals surface area contributed by atoms with Gasteiger partial charge in [0.15, 0.2) is 5.95 Å². The Bertz CT molecular complexity index is 658. The number of H-pyrrole nitrogens is 1. The van der Waals surface area contributed by atoms with E-state index in [0.717, 1.165) is 18.5 Å². The first-order valence-electron chi connectivity index (χ1n) is 6.07. The van der Waals surface area contributed by atoms with E-state index in [4.69, 9.17) is 5.73 Å². The van der Waals surface area contributed by atoms with Crippen molar-refractivity contribution >= 4 is 16.9 Å². The summed E-state index contributed by atoms with van der Waals surface area (Å²) in [6, 6.07) is 8.35. The molecule has 4 nitrogen and oxygen atoms in total. The highest BCUT2D eigenvalue weighted by Gasteiger charge is 2.05. The monoisotopic (exact) mass is 240 g/mol. The lowest BCUT2D eigenvalue weighted by Gasteiger charge is -1.97. The normalized spacial score (nSPS) is 11.2. The van der Waals surface area contributed by atoms with E-state index in [1.165, 1.54) is 16.5 Å². The second-order valence-corrected chi connectivity index (χ2v) is 4.56. The minimum Gasteiger partial charge on any atom is -0.369 e. The molecule has 3 aromatic rings. The van der Waals surface area contributed by atoms with Crippen molar-refractivity contribution in [2.45, 2.75) is 12.8 Å². The van der Waals surface area contributed by atoms with E-state index in [2.05, 4.69) is 34.4 Å². The highest BCUT2D eigenvalue weighted by atomic mass is 15.1. The lowest BCUT2D eigenvalue weighted by molar-refractivity contribution is 0.912. The number of aromatic amines is 1. The van der Waals surface area contributed by atoms with Gasteiger partial charge in [-0.3, -0.25) is 0 Å². The molecule has 3 N–H and O–H groups in total. The van der Waals surface area contributed by atoms with Crippen LogP contribution in [0.25, 0.3) is 10.9 Å². The van der Waals surface area contributed by atoms with Crippen molar-refractivity contribution in [2.24, 2.45) is 7.05 Å². The first-order valence-corrected chi connectivity index (χ1v) is 6.07. The SMILES string of the molecule is Cn1cc(CCc2c[nH]c3ccccc23)nc1N. The molecular weight excluding hydrogens is 224 g/mol. The van der Waals surface area contributed by atoms with Crippen LogP contribution in [0.1, 0.15) is 11.3 Å². The highest BCUT2D eigenvalue weighted by Crippen LogP contribution is 2.19. The average molecular weight is 240 g/mol. The van der Waals surface area contributed by atoms with Gasteiger partial charge in [0, 0.05) is 30.3 Å². The summed E-state index contributed by atoms with van der Waals surface area (Å²) in [4.78, 5) is 7.61. The van der Waals surface area contributed by atoms with Gasteiger partial charge in [0.1, 0.15) is 0 Å². The smallest absolute Gasteiger partial charge is 0.200 e. The second kappa shape index (κ2) is 4.22. The number of nitrogen functional groups attached to an aromatic ring is 1. The number of nitrogens with one attached hydrogen (secondary N) is 1. The standard InChI is InChI=1S/C14H16N4/c1-18-9-11(17-14(18)15)7-6-10-8-16-13-5-3-2-4-12(10)13/h2-5,8-9,16H,6-7H2,1H3,(H2,15,17). The first kappa shape index (κ1) is 10.9. The lowest BCUT2D eigenvalue weighted by atomic mass is 10.1. The Hall–Kier alpha value is -2.23. The van der Waals surface area contributed by atoms with Gasteiger partial charge in [-0.1, -0.05) is 18.2 Å². The van der Waals surface area contributed by atoms with Crippen LogP contribution in [0.3, 0.4) is 0 Å². The fourth-order valence-electron chi connectivity index (χ4n) is 2.27. The highest BCUT2D eigenvalue weighted by molar-refractivity contribution is 5.83. The quantitative estimate of drug-likeness (QED) is 0.737. The van der Waals surface area contributed by atoms with Crippen LogP contribution in [-0.4, -0.2) is 14.5 Å². The summed E-state index contributed by atoms with van der Waals surface area (Å²) in [7, 11) is 1.91. The molecule has 0 aliphatic rings. The Kier molecular flexibility index (Phi) is 2.55. The maximum atomic E-state index is 5.73. The number of aryl methyl sites for hydroxylation is 3. The Morgan fingerprint density at radius 3 is 2.89 bits per heavy atom. The van der Waals surface area contributed by atoms with Crippen LogP contribution in [-0.2, 0) is 19.9 Å². The molecule has 0 fully saturated rings. The van der Waals surface area contributed by atoms with Crippen molar-refractivity contribution in [1.82, 2.24) is 14.5 Å². The van der Waals surface area contributed by atoms with Crippen LogP contribution >= 0.6 is 0 Å². The topological polar surface area (TPSA) is 59.6 Å². The van der Waals surface area contributed by atoms with E-state index in [1.807, 2.05) is 23.9 Å². The number of imidazole rings is 1. The van der Waals surface area contributed by atoms with Crippen LogP contribution in [0.4, 0.5) is 5.95 Å². The maximum Gasteiger partial charge on any atom is 0.200 e. The predicted octanol–water partition coefficient (Wildman–Crippen LogP) is 2.27. The van der Waals surface area contributed by atoms with Crippen molar-refractivity contribution in [2.75, 3.05) is 5.73 Å². The average Bonchev–Trinajstić information content (AvgIpc) is 2.92. The minimum atomic E-state index is 0.573. The van der Waals surface area contributed by atoms with Gasteiger partial charge in [-0.05, 0) is 24.5 Å². The number of aromatic nitrogens is 3. The molecule has 2 aromatic heterocycles. The second-order valence-electron chi connectivity index (χ2n) is 4.56. The zero-order valence-electron chi connectivity index (χ0n) is 10.4. The molecule has 1 aromatic carbocycles. The summed E-state index contributed by atoms with van der Waals surface area (Å²) in [5, 5.41) is 1.29. The fraction of sp³-hybridized carbons (Fsp3) is 0.214. The molecule has 0 saturated carbocycles. The molecule has 0 bridgehead atoms. The van der Waals surface area contributed by atoms with Crippen LogP contribution < -0.4 is 5.73 Å². The minimum absolute atomic E-state index is 0.573. The Balaban J connectivity index is 1.81. The molecule has 3 rings (SSSR count). The number of benzene rings is 1. The van der Waals surface area contributed by atoms with E-state index >= 15 is 0 Å². The summed E-state index contributed by atoms with van der Waals surface area (Å²) < 4.78 is 1.85. The van der Waals surface area contributed by atoms with Gasteiger partial charge in [-0.15, -0.1) is 0 Å². The predicted molar refractivity (Wildman–Crippen MR) is 73.3 cm³/mol. The molecule has 92 valence electrons. The third-order valence-corrected chi connectivity index (χ3v) is 3.29. The molecule has 0 radical (unpaired) electrons. The van der Waals surface area contributed by atoms with Gasteiger partial charge in [0.2, 0.25) is 0 Å². The molecule has 0 aliphatic carbocycles. The van der Waals surface area contributed by atoms with Crippen LogP contribution in [0.15, 0.2) is 36.7 Å². The van der Waals surface area contributed by atoms with E-state index in [9.17, 15) is 0 Å². The van der Waals surface area contributed by atoms with Crippen molar-refractivity contribution in [1.29, 1.82) is 0 Å². The van der Waals surface area contributed by atoms with Gasteiger partial charge < -0.3 is 15.3 Å². The summed E-state index contributed by atoms with van der Waals surface area (Å²) in [6.45, 7) is 0. The molecule has 4 heteroatoms. The number of hydrogen-bond acceptors (Lipinski definition) is 2. The summed E-state index contributed by atoms with van der Waals surface area (Å²) in [5.74, 6) is 0.573. The van der Waals surface area contributed by atoms with Crippen LogP contribution in [0.5, 0.6) is 0 Å². The summed E-state index contributed by atoms with van der Waals surface area (Å²) >= 11 is 0. The van der Waals surface area contributed by atoms with Gasteiger partial charge in [0.05, 0.1) is 5.69 Å². The summed E-state index contributed by atoms with van der Waals surface area (Å²) in [5.41, 5.74) is 9.28. The van der Waals surface area contributed by atoms with E-state index in [0.29, 0.717) is 5.95 Å². The largest absolute Gasteiger partial charge is 0.369 e. The molecule has 0 amide bonds. The zero-order chi connectivity index (χ0) is 12.5. The van der Waals surface area contributed by atoms with Crippen molar-refractivity contribution in [3.8, 4) is 0 Å². The third-order valence-electron chi connectivity index (χ3n) is 3.29. The number of para-hydroxylation sites is 1. The van der Waals surface area contributed by atoms with Crippen molar-refractivity contribution in [3.05, 3.63) is 47.9 Å².